The van der Waals surface area contributed by atoms with Gasteiger partial charge in [-0.1, -0.05) is 31.2 Å². The first-order chi connectivity index (χ1) is 14.3. The Bertz CT molecular complexity index is 1190. The number of nitrogens with one attached hydrogen (secondary N) is 2. The van der Waals surface area contributed by atoms with Crippen LogP contribution in [0.2, 0.25) is 0 Å². The number of ketones is 1. The van der Waals surface area contributed by atoms with E-state index >= 15 is 0 Å². The molecular formula is C21H22N4O5. The lowest BCUT2D eigenvalue weighted by molar-refractivity contribution is -0.126. The Balaban J connectivity index is 2.03. The zero-order valence-corrected chi connectivity index (χ0v) is 16.6. The number of nitrogens with zero attached hydrogens (tertiary/aromatic N) is 2. The van der Waals surface area contributed by atoms with E-state index in [1.807, 2.05) is 0 Å². The van der Waals surface area contributed by atoms with Crippen LogP contribution in [-0.4, -0.2) is 37.2 Å². The molecule has 0 saturated carbocycles. The van der Waals surface area contributed by atoms with Gasteiger partial charge in [-0.25, -0.2) is 19.3 Å². The van der Waals surface area contributed by atoms with Crippen molar-refractivity contribution in [3.8, 4) is 17.1 Å². The maximum atomic E-state index is 12.8. The molecule has 0 spiro atoms. The summed E-state index contributed by atoms with van der Waals surface area (Å²) >= 11 is 0. The summed E-state index contributed by atoms with van der Waals surface area (Å²) < 4.78 is 1.90. The van der Waals surface area contributed by atoms with Crippen LogP contribution in [0.15, 0.2) is 58.1 Å². The van der Waals surface area contributed by atoms with Gasteiger partial charge in [0.15, 0.2) is 5.78 Å². The van der Waals surface area contributed by atoms with E-state index in [0.29, 0.717) is 11.3 Å². The van der Waals surface area contributed by atoms with E-state index < -0.39 is 17.4 Å². The van der Waals surface area contributed by atoms with Crippen LogP contribution in [0.1, 0.15) is 25.8 Å². The lowest BCUT2D eigenvalue weighted by Gasteiger charge is -2.17. The Morgan fingerprint density at radius 2 is 1.83 bits per heavy atom. The van der Waals surface area contributed by atoms with Crippen LogP contribution < -0.4 is 16.7 Å². The quantitative estimate of drug-likeness (QED) is 0.537. The van der Waals surface area contributed by atoms with Crippen molar-refractivity contribution in [2.24, 2.45) is 0 Å². The Labute approximate surface area is 171 Å². The van der Waals surface area contributed by atoms with Crippen molar-refractivity contribution in [2.45, 2.75) is 32.7 Å². The number of rotatable bonds is 7. The topological polar surface area (TPSA) is 126 Å². The number of carbonyl (C=O) groups is 2. The van der Waals surface area contributed by atoms with Crippen LogP contribution in [0, 0.1) is 0 Å². The minimum atomic E-state index is -0.727. The van der Waals surface area contributed by atoms with Gasteiger partial charge in [-0.3, -0.25) is 9.59 Å². The molecule has 3 aromatic rings. The van der Waals surface area contributed by atoms with Crippen molar-refractivity contribution in [3.63, 3.8) is 0 Å². The largest absolute Gasteiger partial charge is 0.506 e. The molecule has 30 heavy (non-hydrogen) atoms. The average molecular weight is 410 g/mol. The summed E-state index contributed by atoms with van der Waals surface area (Å²) in [7, 11) is 0. The van der Waals surface area contributed by atoms with Crippen molar-refractivity contribution in [1.82, 2.24) is 19.7 Å². The molecule has 0 fully saturated rings. The third kappa shape index (κ3) is 4.24. The Hall–Kier alpha value is -3.88. The molecule has 156 valence electrons. The molecule has 2 aromatic carbocycles. The average Bonchev–Trinajstić information content (AvgIpc) is 3.02. The molecule has 0 unspecified atom stereocenters. The zero-order chi connectivity index (χ0) is 21.8. The molecule has 1 heterocycles. The molecule has 9 heteroatoms. The number of phenols is 1. The van der Waals surface area contributed by atoms with Crippen molar-refractivity contribution in [3.05, 3.63) is 75.1 Å². The number of aromatic hydroxyl groups is 1. The Kier molecular flexibility index (Phi) is 6.01. The van der Waals surface area contributed by atoms with Crippen molar-refractivity contribution < 1.29 is 14.7 Å². The highest BCUT2D eigenvalue weighted by atomic mass is 16.3. The molecule has 0 aliphatic heterocycles. The van der Waals surface area contributed by atoms with E-state index in [0.717, 1.165) is 9.25 Å². The highest BCUT2D eigenvalue weighted by Crippen LogP contribution is 2.22. The smallest absolute Gasteiger partial charge is 0.356 e. The number of phenolic OH excluding ortho intramolecular Hbond substituents is 1. The number of aromatic amines is 1. The molecule has 0 saturated heterocycles. The minimum absolute atomic E-state index is 0.0646. The minimum Gasteiger partial charge on any atom is -0.506 e. The zero-order valence-electron chi connectivity index (χ0n) is 16.6. The highest BCUT2D eigenvalue weighted by Gasteiger charge is 2.20. The Morgan fingerprint density at radius 1 is 1.13 bits per heavy atom. The standard InChI is InChI=1S/C21H22N4O5/c1-3-18(27)16(22-13(2)26)11-14-9-10-19(28)17(12-14)25-21(30)24(20(29)23-25)15-7-5-4-6-8-15/h4-10,12,16,28H,3,11H2,1-2H3,(H,22,26)(H,23,29)/t16-/m0/s1. The summed E-state index contributed by atoms with van der Waals surface area (Å²) in [5.74, 6) is -0.692. The molecule has 0 aliphatic carbocycles. The normalized spacial score (nSPS) is 11.8. The summed E-state index contributed by atoms with van der Waals surface area (Å²) in [6.07, 6.45) is 0.431. The fourth-order valence-electron chi connectivity index (χ4n) is 3.20. The number of hydrogen-bond acceptors (Lipinski definition) is 5. The number of hydrogen-bond donors (Lipinski definition) is 3. The summed E-state index contributed by atoms with van der Waals surface area (Å²) in [6, 6.07) is 12.1. The highest BCUT2D eigenvalue weighted by molar-refractivity contribution is 5.88. The van der Waals surface area contributed by atoms with Gasteiger partial charge in [0.05, 0.1) is 11.7 Å². The van der Waals surface area contributed by atoms with E-state index in [1.54, 1.807) is 43.3 Å². The molecule has 3 rings (SSSR count). The van der Waals surface area contributed by atoms with Crippen molar-refractivity contribution in [2.75, 3.05) is 0 Å². The van der Waals surface area contributed by atoms with E-state index in [2.05, 4.69) is 10.4 Å². The molecule has 9 nitrogen and oxygen atoms in total. The summed E-state index contributed by atoms with van der Waals surface area (Å²) in [5.41, 5.74) is -0.286. The fraction of sp³-hybridized carbons (Fsp3) is 0.238. The summed E-state index contributed by atoms with van der Waals surface area (Å²) in [4.78, 5) is 48.8. The van der Waals surface area contributed by atoms with Gasteiger partial charge in [0.1, 0.15) is 11.4 Å². The first kappa shape index (κ1) is 20.8. The van der Waals surface area contributed by atoms with Crippen LogP contribution in [0.3, 0.4) is 0 Å². The molecule has 0 aliphatic rings. The van der Waals surface area contributed by atoms with Gasteiger partial charge in [0, 0.05) is 13.3 Å². The van der Waals surface area contributed by atoms with E-state index in [1.165, 1.54) is 19.1 Å². The molecule has 0 bridgehead atoms. The molecule has 1 amide bonds. The molecule has 1 atom stereocenters. The first-order valence-corrected chi connectivity index (χ1v) is 9.43. The Morgan fingerprint density at radius 3 is 2.47 bits per heavy atom. The number of Topliss-reactive ketones (excluding diaryl/α,β-unsaturated/α-hetero) is 1. The van der Waals surface area contributed by atoms with Crippen molar-refractivity contribution >= 4 is 11.7 Å². The van der Waals surface area contributed by atoms with Crippen LogP contribution in [0.5, 0.6) is 5.75 Å². The second-order valence-corrected chi connectivity index (χ2v) is 6.81. The molecule has 0 radical (unpaired) electrons. The van der Waals surface area contributed by atoms with Crippen LogP contribution in [-0.2, 0) is 16.0 Å². The number of H-pyrrole nitrogens is 1. The van der Waals surface area contributed by atoms with Gasteiger partial charge in [0.2, 0.25) is 5.91 Å². The van der Waals surface area contributed by atoms with Gasteiger partial charge in [0.25, 0.3) is 0 Å². The number of para-hydroxylation sites is 1. The number of carbonyl (C=O) groups excluding carboxylic acids is 2. The second kappa shape index (κ2) is 8.64. The SMILES string of the molecule is CCC(=O)[C@H](Cc1ccc(O)c(-n2[nH]c(=O)n(-c3ccccc3)c2=O)c1)NC(C)=O. The maximum Gasteiger partial charge on any atom is 0.356 e. The maximum absolute atomic E-state index is 12.8. The van der Waals surface area contributed by atoms with Gasteiger partial charge in [-0.05, 0) is 36.2 Å². The second-order valence-electron chi connectivity index (χ2n) is 6.81. The third-order valence-corrected chi connectivity index (χ3v) is 4.64. The van der Waals surface area contributed by atoms with E-state index in [9.17, 15) is 24.3 Å². The number of amides is 1. The monoisotopic (exact) mass is 410 g/mol. The van der Waals surface area contributed by atoms with Gasteiger partial charge in [-0.2, -0.15) is 4.68 Å². The summed E-state index contributed by atoms with van der Waals surface area (Å²) in [5, 5.41) is 15.3. The van der Waals surface area contributed by atoms with Crippen LogP contribution in [0.4, 0.5) is 0 Å². The number of benzene rings is 2. The summed E-state index contributed by atoms with van der Waals surface area (Å²) in [6.45, 7) is 3.03. The first-order valence-electron chi connectivity index (χ1n) is 9.43. The predicted molar refractivity (Wildman–Crippen MR) is 110 cm³/mol. The van der Waals surface area contributed by atoms with Gasteiger partial charge < -0.3 is 10.4 Å². The lowest BCUT2D eigenvalue weighted by atomic mass is 10.00. The molecule has 3 N–H and O–H groups in total. The van der Waals surface area contributed by atoms with Crippen molar-refractivity contribution in [1.29, 1.82) is 0 Å². The fourth-order valence-corrected chi connectivity index (χ4v) is 3.20. The third-order valence-electron chi connectivity index (χ3n) is 4.64. The predicted octanol–water partition coefficient (Wildman–Crippen LogP) is 1.05. The van der Waals surface area contributed by atoms with E-state index in [-0.39, 0.29) is 36.0 Å². The van der Waals surface area contributed by atoms with Crippen LogP contribution in [0.25, 0.3) is 11.4 Å². The lowest BCUT2D eigenvalue weighted by Crippen LogP contribution is -2.41. The van der Waals surface area contributed by atoms with E-state index in [4.69, 9.17) is 0 Å². The van der Waals surface area contributed by atoms with Gasteiger partial charge >= 0.3 is 11.4 Å². The molecular weight excluding hydrogens is 388 g/mol. The van der Waals surface area contributed by atoms with Gasteiger partial charge in [-0.15, -0.1) is 0 Å². The number of aromatic nitrogens is 3. The molecule has 1 aromatic heterocycles. The van der Waals surface area contributed by atoms with Crippen LogP contribution >= 0.6 is 0 Å².